The second-order valence-electron chi connectivity index (χ2n) is 5.06. The van der Waals surface area contributed by atoms with E-state index >= 15 is 0 Å². The average Bonchev–Trinajstić information content (AvgIpc) is 2.32. The zero-order chi connectivity index (χ0) is 10.1. The molecule has 1 aliphatic rings. The van der Waals surface area contributed by atoms with Crippen LogP contribution in [0.1, 0.15) is 71.1 Å². The summed E-state index contributed by atoms with van der Waals surface area (Å²) in [7, 11) is 1.52. The van der Waals surface area contributed by atoms with E-state index in [0.717, 1.165) is 5.82 Å². The number of hydrogen-bond donors (Lipinski definition) is 0. The summed E-state index contributed by atoms with van der Waals surface area (Å²) in [6.45, 7) is 2.31. The fraction of sp³-hybridized carbons (Fsp3) is 1.00. The van der Waals surface area contributed by atoms with Gasteiger partial charge in [-0.15, -0.1) is 0 Å². The Morgan fingerprint density at radius 2 is 1.50 bits per heavy atom. The summed E-state index contributed by atoms with van der Waals surface area (Å²) in [4.78, 5) is 0. The van der Waals surface area contributed by atoms with E-state index in [1.54, 1.807) is 0 Å². The van der Waals surface area contributed by atoms with E-state index in [1.165, 1.54) is 77.8 Å². The molecule has 1 saturated carbocycles. The van der Waals surface area contributed by atoms with Gasteiger partial charge < -0.3 is 0 Å². The Morgan fingerprint density at radius 3 is 2.07 bits per heavy atom. The number of rotatable bonds is 4. The monoisotopic (exact) mass is 194 g/mol. The Kier molecular flexibility index (Phi) is 7.26. The van der Waals surface area contributed by atoms with Crippen molar-refractivity contribution in [3.05, 3.63) is 0 Å². The van der Waals surface area contributed by atoms with Crippen LogP contribution in [-0.2, 0) is 0 Å². The van der Waals surface area contributed by atoms with Crippen molar-refractivity contribution in [2.24, 2.45) is 0 Å². The first kappa shape index (κ1) is 12.1. The van der Waals surface area contributed by atoms with Crippen LogP contribution in [0.5, 0.6) is 0 Å². The molecule has 1 rings (SSSR count). The van der Waals surface area contributed by atoms with Crippen LogP contribution in [0.4, 0.5) is 0 Å². The van der Waals surface area contributed by atoms with Crippen molar-refractivity contribution in [1.82, 2.24) is 0 Å². The molecule has 0 aliphatic heterocycles. The lowest BCUT2D eigenvalue weighted by atomic mass is 9.58. The molecule has 0 radical (unpaired) electrons. The standard InChI is InChI=1S/C13H27B/c1-2-3-12-14-13-10-8-6-4-5-7-9-11-13/h13-14H,2-12H2,1H3. The van der Waals surface area contributed by atoms with E-state index in [0.29, 0.717) is 0 Å². The second-order valence-corrected chi connectivity index (χ2v) is 5.06. The smallest absolute Gasteiger partial charge is 0.0772 e. The summed E-state index contributed by atoms with van der Waals surface area (Å²) in [5.41, 5.74) is 0. The molecular weight excluding hydrogens is 167 g/mol. The highest BCUT2D eigenvalue weighted by atomic mass is 14.1. The van der Waals surface area contributed by atoms with Gasteiger partial charge in [0.15, 0.2) is 0 Å². The highest BCUT2D eigenvalue weighted by molar-refractivity contribution is 6.37. The lowest BCUT2D eigenvalue weighted by Gasteiger charge is -2.13. The molecule has 0 aromatic rings. The topological polar surface area (TPSA) is 0 Å². The SMILES string of the molecule is CCCCBC1CCCCCCCC1. The lowest BCUT2D eigenvalue weighted by Crippen LogP contribution is -2.03. The molecule has 0 amide bonds. The summed E-state index contributed by atoms with van der Waals surface area (Å²) in [5.74, 6) is 1.08. The van der Waals surface area contributed by atoms with E-state index in [2.05, 4.69) is 6.92 Å². The van der Waals surface area contributed by atoms with Crippen LogP contribution in [0.3, 0.4) is 0 Å². The maximum Gasteiger partial charge on any atom is 0.124 e. The van der Waals surface area contributed by atoms with E-state index in [-0.39, 0.29) is 0 Å². The van der Waals surface area contributed by atoms with Gasteiger partial charge >= 0.3 is 0 Å². The van der Waals surface area contributed by atoms with Crippen LogP contribution < -0.4 is 0 Å². The average molecular weight is 194 g/mol. The summed E-state index contributed by atoms with van der Waals surface area (Å²) >= 11 is 0. The predicted octanol–water partition coefficient (Wildman–Crippen LogP) is 4.56. The molecule has 0 N–H and O–H groups in total. The van der Waals surface area contributed by atoms with Crippen molar-refractivity contribution in [2.45, 2.75) is 83.3 Å². The van der Waals surface area contributed by atoms with E-state index in [1.807, 2.05) is 0 Å². The van der Waals surface area contributed by atoms with Gasteiger partial charge in [0.05, 0.1) is 0 Å². The van der Waals surface area contributed by atoms with Gasteiger partial charge in [0.2, 0.25) is 0 Å². The molecule has 1 aliphatic carbocycles. The van der Waals surface area contributed by atoms with Crippen LogP contribution in [0, 0.1) is 0 Å². The third-order valence-electron chi connectivity index (χ3n) is 3.69. The number of hydrogen-bond acceptors (Lipinski definition) is 0. The molecule has 0 nitrogen and oxygen atoms in total. The fourth-order valence-electron chi connectivity index (χ4n) is 2.69. The summed E-state index contributed by atoms with van der Waals surface area (Å²) in [5, 5.41) is 0. The largest absolute Gasteiger partial charge is 0.124 e. The highest BCUT2D eigenvalue weighted by Crippen LogP contribution is 2.26. The zero-order valence-electron chi connectivity index (χ0n) is 10.1. The molecule has 0 aromatic carbocycles. The predicted molar refractivity (Wildman–Crippen MR) is 67.6 cm³/mol. The van der Waals surface area contributed by atoms with Gasteiger partial charge in [0.1, 0.15) is 7.28 Å². The Balaban J connectivity index is 2.12. The normalized spacial score (nSPS) is 20.9. The molecule has 0 unspecified atom stereocenters. The van der Waals surface area contributed by atoms with Crippen molar-refractivity contribution in [3.63, 3.8) is 0 Å². The summed E-state index contributed by atoms with van der Waals surface area (Å²) < 4.78 is 0. The van der Waals surface area contributed by atoms with Gasteiger partial charge in [0, 0.05) is 0 Å². The Bertz CT molecular complexity index is 112. The molecule has 0 spiro atoms. The third-order valence-corrected chi connectivity index (χ3v) is 3.69. The molecule has 0 heterocycles. The molecular formula is C13H27B. The lowest BCUT2D eigenvalue weighted by molar-refractivity contribution is 0.615. The van der Waals surface area contributed by atoms with Gasteiger partial charge in [-0.05, 0) is 0 Å². The minimum atomic E-state index is 1.08. The van der Waals surface area contributed by atoms with Gasteiger partial charge in [-0.25, -0.2) is 0 Å². The van der Waals surface area contributed by atoms with E-state index < -0.39 is 0 Å². The summed E-state index contributed by atoms with van der Waals surface area (Å²) in [6, 6.07) is 0. The van der Waals surface area contributed by atoms with Crippen LogP contribution >= 0.6 is 0 Å². The van der Waals surface area contributed by atoms with Gasteiger partial charge in [-0.2, -0.15) is 0 Å². The van der Waals surface area contributed by atoms with E-state index in [9.17, 15) is 0 Å². The van der Waals surface area contributed by atoms with Gasteiger partial charge in [0.25, 0.3) is 0 Å². The van der Waals surface area contributed by atoms with Crippen LogP contribution in [0.2, 0.25) is 12.1 Å². The molecule has 1 heteroatoms. The second kappa shape index (κ2) is 8.38. The Labute approximate surface area is 91.1 Å². The molecule has 0 saturated heterocycles. The quantitative estimate of drug-likeness (QED) is 0.454. The maximum atomic E-state index is 2.31. The van der Waals surface area contributed by atoms with Crippen molar-refractivity contribution >= 4 is 7.28 Å². The fourth-order valence-corrected chi connectivity index (χ4v) is 2.69. The third kappa shape index (κ3) is 5.72. The van der Waals surface area contributed by atoms with Crippen molar-refractivity contribution in [3.8, 4) is 0 Å². The molecule has 0 bridgehead atoms. The molecule has 0 aromatic heterocycles. The van der Waals surface area contributed by atoms with Crippen LogP contribution in [-0.4, -0.2) is 7.28 Å². The first-order chi connectivity index (χ1) is 6.93. The summed E-state index contributed by atoms with van der Waals surface area (Å²) in [6.07, 6.45) is 16.4. The maximum absolute atomic E-state index is 2.31. The Morgan fingerprint density at radius 1 is 0.929 bits per heavy atom. The molecule has 82 valence electrons. The zero-order valence-corrected chi connectivity index (χ0v) is 10.1. The number of unbranched alkanes of at least 4 members (excludes halogenated alkanes) is 1. The highest BCUT2D eigenvalue weighted by Gasteiger charge is 2.10. The molecule has 14 heavy (non-hydrogen) atoms. The molecule has 0 atom stereocenters. The Hall–Kier alpha value is 0.0649. The van der Waals surface area contributed by atoms with Gasteiger partial charge in [-0.3, -0.25) is 0 Å². The van der Waals surface area contributed by atoms with Crippen LogP contribution in [0.25, 0.3) is 0 Å². The van der Waals surface area contributed by atoms with Gasteiger partial charge in [-0.1, -0.05) is 83.3 Å². The van der Waals surface area contributed by atoms with Crippen LogP contribution in [0.15, 0.2) is 0 Å². The van der Waals surface area contributed by atoms with E-state index in [4.69, 9.17) is 0 Å². The first-order valence-electron chi connectivity index (χ1n) is 6.93. The molecule has 1 fully saturated rings. The van der Waals surface area contributed by atoms with Crippen molar-refractivity contribution in [1.29, 1.82) is 0 Å². The van der Waals surface area contributed by atoms with Crippen molar-refractivity contribution in [2.75, 3.05) is 0 Å². The first-order valence-corrected chi connectivity index (χ1v) is 6.93. The minimum Gasteiger partial charge on any atom is -0.0772 e. The van der Waals surface area contributed by atoms with Crippen molar-refractivity contribution < 1.29 is 0 Å². The minimum absolute atomic E-state index is 1.08.